The van der Waals surface area contributed by atoms with E-state index in [-0.39, 0.29) is 12.0 Å². The molecule has 4 nitrogen and oxygen atoms in total. The Bertz CT molecular complexity index is 774. The summed E-state index contributed by atoms with van der Waals surface area (Å²) in [5, 5.41) is 2.97. The third kappa shape index (κ3) is 4.73. The van der Waals surface area contributed by atoms with Crippen molar-refractivity contribution in [3.05, 3.63) is 53.1 Å². The monoisotopic (exact) mass is 371 g/mol. The molecule has 1 atom stereocenters. The molecule has 1 heterocycles. The van der Waals surface area contributed by atoms with E-state index in [1.54, 1.807) is 11.8 Å². The van der Waals surface area contributed by atoms with E-state index in [1.807, 2.05) is 26.0 Å². The molecule has 1 aliphatic heterocycles. The van der Waals surface area contributed by atoms with Crippen LogP contribution in [0.3, 0.4) is 0 Å². The van der Waals surface area contributed by atoms with E-state index in [4.69, 9.17) is 9.47 Å². The number of ether oxygens (including phenoxy) is 2. The third-order valence-electron chi connectivity index (χ3n) is 4.19. The number of nitrogens with one attached hydrogen (secondary N) is 1. The first kappa shape index (κ1) is 18.6. The van der Waals surface area contributed by atoms with Gasteiger partial charge < -0.3 is 14.8 Å². The Morgan fingerprint density at radius 1 is 1.31 bits per heavy atom. The van der Waals surface area contributed by atoms with Gasteiger partial charge in [0.1, 0.15) is 17.6 Å². The molecule has 0 saturated carbocycles. The van der Waals surface area contributed by atoms with Crippen molar-refractivity contribution in [2.45, 2.75) is 39.0 Å². The van der Waals surface area contributed by atoms with Gasteiger partial charge in [-0.05, 0) is 32.4 Å². The van der Waals surface area contributed by atoms with Crippen LogP contribution >= 0.6 is 11.8 Å². The second-order valence-corrected chi connectivity index (χ2v) is 7.53. The Kier molecular flexibility index (Phi) is 6.09. The van der Waals surface area contributed by atoms with Crippen molar-refractivity contribution >= 4 is 23.4 Å². The smallest absolute Gasteiger partial charge is 0.234 e. The molecule has 138 valence electrons. The van der Waals surface area contributed by atoms with Crippen LogP contribution in [0.2, 0.25) is 0 Å². The van der Waals surface area contributed by atoms with Crippen LogP contribution < -0.4 is 14.8 Å². The zero-order chi connectivity index (χ0) is 18.5. The SMILES string of the molecule is CCOc1cc2c(cc1NC(=O)CSCc1ccc(C)cc1)OC(C)C2. The number of aryl methyl sites for hydroxylation is 1. The summed E-state index contributed by atoms with van der Waals surface area (Å²) in [5.41, 5.74) is 4.28. The van der Waals surface area contributed by atoms with Crippen molar-refractivity contribution in [3.8, 4) is 11.5 Å². The third-order valence-corrected chi connectivity index (χ3v) is 5.20. The Hall–Kier alpha value is -2.14. The van der Waals surface area contributed by atoms with Crippen molar-refractivity contribution in [2.75, 3.05) is 17.7 Å². The van der Waals surface area contributed by atoms with E-state index in [2.05, 4.69) is 36.5 Å². The van der Waals surface area contributed by atoms with Gasteiger partial charge in [0.25, 0.3) is 0 Å². The molecule has 0 radical (unpaired) electrons. The number of hydrogen-bond acceptors (Lipinski definition) is 4. The largest absolute Gasteiger partial charge is 0.492 e. The number of hydrogen-bond donors (Lipinski definition) is 1. The molecule has 0 aromatic heterocycles. The minimum atomic E-state index is -0.0333. The molecular formula is C21H25NO3S. The lowest BCUT2D eigenvalue weighted by atomic mass is 10.1. The number of rotatable bonds is 7. The standard InChI is InChI=1S/C21H25NO3S/c1-4-24-20-10-17-9-15(3)25-19(17)11-18(20)22-21(23)13-26-12-16-7-5-14(2)6-8-16/h5-8,10-11,15H,4,9,12-13H2,1-3H3,(H,22,23). The Balaban J connectivity index is 1.59. The zero-order valence-corrected chi connectivity index (χ0v) is 16.3. The van der Waals surface area contributed by atoms with Crippen molar-refractivity contribution in [1.29, 1.82) is 0 Å². The van der Waals surface area contributed by atoms with Gasteiger partial charge in [0.2, 0.25) is 5.91 Å². The molecule has 3 rings (SSSR count). The number of carbonyl (C=O) groups is 1. The van der Waals surface area contributed by atoms with Crippen LogP contribution in [-0.2, 0) is 17.0 Å². The highest BCUT2D eigenvalue weighted by molar-refractivity contribution is 7.99. The van der Waals surface area contributed by atoms with Crippen molar-refractivity contribution < 1.29 is 14.3 Å². The highest BCUT2D eigenvalue weighted by Crippen LogP contribution is 2.38. The number of amides is 1. The summed E-state index contributed by atoms with van der Waals surface area (Å²) in [6.07, 6.45) is 1.03. The molecule has 0 bridgehead atoms. The van der Waals surface area contributed by atoms with Crippen molar-refractivity contribution in [2.24, 2.45) is 0 Å². The van der Waals surface area contributed by atoms with Gasteiger partial charge >= 0.3 is 0 Å². The second kappa shape index (κ2) is 8.49. The number of thioether (sulfide) groups is 1. The van der Waals surface area contributed by atoms with E-state index in [1.165, 1.54) is 11.1 Å². The van der Waals surface area contributed by atoms with Gasteiger partial charge in [-0.1, -0.05) is 29.8 Å². The number of carbonyl (C=O) groups excluding carboxylic acids is 1. The lowest BCUT2D eigenvalue weighted by molar-refractivity contribution is -0.113. The van der Waals surface area contributed by atoms with Crippen LogP contribution in [0.15, 0.2) is 36.4 Å². The lowest BCUT2D eigenvalue weighted by Crippen LogP contribution is -2.15. The second-order valence-electron chi connectivity index (χ2n) is 6.55. The van der Waals surface area contributed by atoms with Gasteiger partial charge in [0, 0.05) is 23.8 Å². The van der Waals surface area contributed by atoms with Crippen molar-refractivity contribution in [3.63, 3.8) is 0 Å². The Morgan fingerprint density at radius 2 is 2.08 bits per heavy atom. The zero-order valence-electron chi connectivity index (χ0n) is 15.5. The van der Waals surface area contributed by atoms with Crippen LogP contribution in [0.5, 0.6) is 11.5 Å². The van der Waals surface area contributed by atoms with Crippen molar-refractivity contribution in [1.82, 2.24) is 0 Å². The van der Waals surface area contributed by atoms with Crippen LogP contribution in [0.4, 0.5) is 5.69 Å². The maximum Gasteiger partial charge on any atom is 0.234 e. The molecular weight excluding hydrogens is 346 g/mol. The molecule has 0 fully saturated rings. The van der Waals surface area contributed by atoms with E-state index in [0.29, 0.717) is 23.8 Å². The molecule has 0 aliphatic carbocycles. The first-order valence-electron chi connectivity index (χ1n) is 8.94. The normalized spacial score (nSPS) is 15.3. The number of fused-ring (bicyclic) bond motifs is 1. The average Bonchev–Trinajstić information content (AvgIpc) is 2.96. The van der Waals surface area contributed by atoms with Gasteiger partial charge in [-0.3, -0.25) is 4.79 Å². The predicted molar refractivity (Wildman–Crippen MR) is 107 cm³/mol. The molecule has 2 aromatic carbocycles. The van der Waals surface area contributed by atoms with Crippen LogP contribution in [-0.4, -0.2) is 24.4 Å². The van der Waals surface area contributed by atoms with Gasteiger partial charge in [-0.2, -0.15) is 0 Å². The molecule has 2 aromatic rings. The van der Waals surface area contributed by atoms with E-state index >= 15 is 0 Å². The van der Waals surface area contributed by atoms with Gasteiger partial charge in [0.15, 0.2) is 0 Å². The summed E-state index contributed by atoms with van der Waals surface area (Å²) < 4.78 is 11.5. The summed E-state index contributed by atoms with van der Waals surface area (Å²) in [7, 11) is 0. The summed E-state index contributed by atoms with van der Waals surface area (Å²) in [4.78, 5) is 12.3. The molecule has 1 aliphatic rings. The molecule has 1 amide bonds. The minimum absolute atomic E-state index is 0.0333. The maximum absolute atomic E-state index is 12.3. The molecule has 0 saturated heterocycles. The highest BCUT2D eigenvalue weighted by Gasteiger charge is 2.22. The summed E-state index contributed by atoms with van der Waals surface area (Å²) in [5.74, 6) is 2.73. The summed E-state index contributed by atoms with van der Waals surface area (Å²) in [6, 6.07) is 12.3. The summed E-state index contributed by atoms with van der Waals surface area (Å²) >= 11 is 1.60. The fourth-order valence-electron chi connectivity index (χ4n) is 2.94. The molecule has 1 N–H and O–H groups in total. The van der Waals surface area contributed by atoms with Crippen LogP contribution in [0, 0.1) is 6.92 Å². The Labute approximate surface area is 159 Å². The van der Waals surface area contributed by atoms with Gasteiger partial charge in [-0.25, -0.2) is 0 Å². The Morgan fingerprint density at radius 3 is 2.81 bits per heavy atom. The molecule has 1 unspecified atom stereocenters. The number of benzene rings is 2. The van der Waals surface area contributed by atoms with Gasteiger partial charge in [0.05, 0.1) is 18.0 Å². The average molecular weight is 372 g/mol. The molecule has 5 heteroatoms. The first-order chi connectivity index (χ1) is 12.5. The first-order valence-corrected chi connectivity index (χ1v) is 10.1. The molecule has 0 spiro atoms. The fourth-order valence-corrected chi connectivity index (χ4v) is 3.73. The number of anilines is 1. The summed E-state index contributed by atoms with van der Waals surface area (Å²) in [6.45, 7) is 6.61. The van der Waals surface area contributed by atoms with Crippen LogP contribution in [0.1, 0.15) is 30.5 Å². The quantitative estimate of drug-likeness (QED) is 0.773. The highest BCUT2D eigenvalue weighted by atomic mass is 32.2. The van der Waals surface area contributed by atoms with E-state index < -0.39 is 0 Å². The van der Waals surface area contributed by atoms with Crippen LogP contribution in [0.25, 0.3) is 0 Å². The molecule has 26 heavy (non-hydrogen) atoms. The van der Waals surface area contributed by atoms with Gasteiger partial charge in [-0.15, -0.1) is 11.8 Å². The van der Waals surface area contributed by atoms with E-state index in [0.717, 1.165) is 23.5 Å². The lowest BCUT2D eigenvalue weighted by Gasteiger charge is -2.13. The van der Waals surface area contributed by atoms with E-state index in [9.17, 15) is 4.79 Å². The minimum Gasteiger partial charge on any atom is -0.492 e. The predicted octanol–water partition coefficient (Wildman–Crippen LogP) is 4.59. The fraction of sp³-hybridized carbons (Fsp3) is 0.381. The topological polar surface area (TPSA) is 47.6 Å². The maximum atomic E-state index is 12.3.